The minimum Gasteiger partial charge on any atom is -0.465 e. The molecule has 1 amide bonds. The van der Waals surface area contributed by atoms with Gasteiger partial charge in [-0.15, -0.1) is 0 Å². The molecule has 200 valence electrons. The number of nitrogens with one attached hydrogen (secondary N) is 1. The van der Waals surface area contributed by atoms with Crippen LogP contribution < -0.4 is 5.32 Å². The number of carboxylic acid groups (broad SMARTS) is 1. The first-order chi connectivity index (χ1) is 18.2. The summed E-state index contributed by atoms with van der Waals surface area (Å²) >= 11 is 0. The lowest BCUT2D eigenvalue weighted by molar-refractivity contribution is 0.0785. The summed E-state index contributed by atoms with van der Waals surface area (Å²) in [6, 6.07) is 8.79. The van der Waals surface area contributed by atoms with Crippen LogP contribution in [0.2, 0.25) is 0 Å². The summed E-state index contributed by atoms with van der Waals surface area (Å²) < 4.78 is 3.93. The highest BCUT2D eigenvalue weighted by Crippen LogP contribution is 2.29. The second-order valence-electron chi connectivity index (χ2n) is 10.3. The van der Waals surface area contributed by atoms with Crippen LogP contribution in [0.5, 0.6) is 0 Å². The molecule has 0 unspecified atom stereocenters. The number of aromatic nitrogens is 6. The third-order valence-corrected chi connectivity index (χ3v) is 6.37. The molecule has 1 saturated carbocycles. The van der Waals surface area contributed by atoms with E-state index in [0.717, 1.165) is 33.6 Å². The fraction of sp³-hybridized carbons (Fsp3) is 0.393. The second-order valence-corrected chi connectivity index (χ2v) is 10.3. The number of benzene rings is 1. The van der Waals surface area contributed by atoms with Gasteiger partial charge in [-0.1, -0.05) is 37.5 Å². The third kappa shape index (κ3) is 7.48. The van der Waals surface area contributed by atoms with Gasteiger partial charge >= 0.3 is 6.09 Å². The molecule has 0 spiro atoms. The van der Waals surface area contributed by atoms with Crippen molar-refractivity contribution in [2.24, 2.45) is 7.05 Å². The maximum atomic E-state index is 9.82. The molecular formula is C28H35N7O3. The summed E-state index contributed by atoms with van der Waals surface area (Å²) in [4.78, 5) is 19.1. The van der Waals surface area contributed by atoms with Crippen LogP contribution in [-0.4, -0.2) is 58.0 Å². The summed E-state index contributed by atoms with van der Waals surface area (Å²) in [5, 5.41) is 27.9. The van der Waals surface area contributed by atoms with E-state index in [-0.39, 0.29) is 6.54 Å². The standard InChI is InChI=1S/C23H24N6.C5H11NO3/c1-28-15-20(13-26-28)17-6-5-7-18(10-17)23-24-11-19(12-25-23)21-14-27-29(16-21)22-8-3-2-4-9-22;1-5(2,9)3-6-4(7)8/h5-7,10-16,22H,2-4,8-9H2,1H3;6,9H,3H2,1-2H3,(H,7,8). The minimum atomic E-state index is -1.11. The summed E-state index contributed by atoms with van der Waals surface area (Å²) in [6.07, 6.45) is 17.0. The Hall–Kier alpha value is -4.05. The topological polar surface area (TPSA) is 131 Å². The van der Waals surface area contributed by atoms with Crippen molar-refractivity contribution in [2.45, 2.75) is 57.6 Å². The number of aliphatic hydroxyl groups is 1. The lowest BCUT2D eigenvalue weighted by atomic mass is 9.96. The Kier molecular flexibility index (Phi) is 8.52. The molecule has 3 aromatic heterocycles. The Labute approximate surface area is 222 Å². The highest BCUT2D eigenvalue weighted by Gasteiger charge is 2.17. The molecule has 1 aliphatic carbocycles. The number of aryl methyl sites for hydroxylation is 1. The molecule has 0 atom stereocenters. The number of hydrogen-bond donors (Lipinski definition) is 3. The fourth-order valence-corrected chi connectivity index (χ4v) is 4.36. The van der Waals surface area contributed by atoms with Gasteiger partial charge in [-0.3, -0.25) is 9.36 Å². The molecule has 0 saturated heterocycles. The molecule has 10 nitrogen and oxygen atoms in total. The Morgan fingerprint density at radius 1 is 0.947 bits per heavy atom. The van der Waals surface area contributed by atoms with E-state index in [1.54, 1.807) is 4.68 Å². The van der Waals surface area contributed by atoms with Gasteiger partial charge in [-0.2, -0.15) is 10.2 Å². The summed E-state index contributed by atoms with van der Waals surface area (Å²) in [6.45, 7) is 3.12. The largest absolute Gasteiger partial charge is 0.465 e. The van der Waals surface area contributed by atoms with E-state index in [4.69, 9.17) is 10.2 Å². The van der Waals surface area contributed by atoms with Gasteiger partial charge in [0.15, 0.2) is 5.82 Å². The lowest BCUT2D eigenvalue weighted by Gasteiger charge is -2.21. The lowest BCUT2D eigenvalue weighted by Crippen LogP contribution is -2.37. The molecule has 38 heavy (non-hydrogen) atoms. The van der Waals surface area contributed by atoms with Crippen LogP contribution in [0, 0.1) is 0 Å². The summed E-state index contributed by atoms with van der Waals surface area (Å²) in [5.41, 5.74) is 4.30. The third-order valence-electron chi connectivity index (χ3n) is 6.37. The van der Waals surface area contributed by atoms with Crippen LogP contribution in [0.4, 0.5) is 4.79 Å². The van der Waals surface area contributed by atoms with Gasteiger partial charge in [0.25, 0.3) is 0 Å². The number of nitrogens with zero attached hydrogens (tertiary/aromatic N) is 6. The van der Waals surface area contributed by atoms with Gasteiger partial charge in [0, 0.05) is 60.6 Å². The van der Waals surface area contributed by atoms with Crippen LogP contribution in [-0.2, 0) is 7.05 Å². The summed E-state index contributed by atoms with van der Waals surface area (Å²) in [7, 11) is 1.92. The Balaban J connectivity index is 0.000000323. The Bertz CT molecular complexity index is 1330. The SMILES string of the molecule is CC(C)(O)CNC(=O)O.Cn1cc(-c2cccc(-c3ncc(-c4cnn(C5CCCCC5)c4)cn3)c2)cn1. The minimum absolute atomic E-state index is 0.0579. The second kappa shape index (κ2) is 12.0. The van der Waals surface area contributed by atoms with Crippen LogP contribution in [0.25, 0.3) is 33.6 Å². The van der Waals surface area contributed by atoms with E-state index in [1.807, 2.05) is 50.2 Å². The quantitative estimate of drug-likeness (QED) is 0.330. The van der Waals surface area contributed by atoms with Crippen molar-refractivity contribution in [2.75, 3.05) is 6.54 Å². The molecule has 10 heteroatoms. The average molecular weight is 518 g/mol. The van der Waals surface area contributed by atoms with E-state index in [0.29, 0.717) is 6.04 Å². The zero-order valence-electron chi connectivity index (χ0n) is 22.1. The average Bonchev–Trinajstić information content (AvgIpc) is 3.58. The smallest absolute Gasteiger partial charge is 0.404 e. The van der Waals surface area contributed by atoms with Crippen molar-refractivity contribution < 1.29 is 15.0 Å². The van der Waals surface area contributed by atoms with Crippen molar-refractivity contribution in [3.8, 4) is 33.6 Å². The molecule has 3 heterocycles. The highest BCUT2D eigenvalue weighted by molar-refractivity contribution is 5.70. The molecule has 1 fully saturated rings. The van der Waals surface area contributed by atoms with Crippen molar-refractivity contribution in [1.82, 2.24) is 34.8 Å². The number of carbonyl (C=O) groups is 1. The monoisotopic (exact) mass is 517 g/mol. The zero-order valence-corrected chi connectivity index (χ0v) is 22.1. The molecule has 0 aliphatic heterocycles. The molecular weight excluding hydrogens is 482 g/mol. The van der Waals surface area contributed by atoms with Crippen LogP contribution in [0.3, 0.4) is 0 Å². The molecule has 1 aromatic carbocycles. The number of rotatable bonds is 6. The van der Waals surface area contributed by atoms with Crippen LogP contribution in [0.15, 0.2) is 61.4 Å². The molecule has 4 aromatic rings. The van der Waals surface area contributed by atoms with E-state index in [1.165, 1.54) is 46.0 Å². The van der Waals surface area contributed by atoms with E-state index < -0.39 is 11.7 Å². The maximum Gasteiger partial charge on any atom is 0.404 e. The van der Waals surface area contributed by atoms with Crippen molar-refractivity contribution in [3.05, 3.63) is 61.4 Å². The first kappa shape index (κ1) is 27.0. The molecule has 1 aliphatic rings. The molecule has 0 radical (unpaired) electrons. The van der Waals surface area contributed by atoms with Crippen molar-refractivity contribution in [1.29, 1.82) is 0 Å². The molecule has 0 bridgehead atoms. The van der Waals surface area contributed by atoms with Gasteiger partial charge in [0.2, 0.25) is 0 Å². The van der Waals surface area contributed by atoms with Crippen molar-refractivity contribution in [3.63, 3.8) is 0 Å². The maximum absolute atomic E-state index is 9.82. The van der Waals surface area contributed by atoms with Gasteiger partial charge in [0.1, 0.15) is 0 Å². The van der Waals surface area contributed by atoms with Gasteiger partial charge in [0.05, 0.1) is 24.0 Å². The molecule has 3 N–H and O–H groups in total. The predicted octanol–water partition coefficient (Wildman–Crippen LogP) is 4.94. The highest BCUT2D eigenvalue weighted by atomic mass is 16.4. The van der Waals surface area contributed by atoms with Gasteiger partial charge in [-0.05, 0) is 38.3 Å². The van der Waals surface area contributed by atoms with Crippen LogP contribution >= 0.6 is 0 Å². The fourth-order valence-electron chi connectivity index (χ4n) is 4.36. The van der Waals surface area contributed by atoms with Gasteiger partial charge < -0.3 is 15.5 Å². The first-order valence-electron chi connectivity index (χ1n) is 12.8. The predicted molar refractivity (Wildman–Crippen MR) is 145 cm³/mol. The van der Waals surface area contributed by atoms with E-state index in [9.17, 15) is 4.79 Å². The van der Waals surface area contributed by atoms with Crippen molar-refractivity contribution >= 4 is 6.09 Å². The van der Waals surface area contributed by atoms with E-state index >= 15 is 0 Å². The summed E-state index contributed by atoms with van der Waals surface area (Å²) in [5.74, 6) is 0.721. The number of hydrogen-bond acceptors (Lipinski definition) is 6. The van der Waals surface area contributed by atoms with E-state index in [2.05, 4.69) is 48.5 Å². The Morgan fingerprint density at radius 3 is 2.21 bits per heavy atom. The molecule has 5 rings (SSSR count). The normalized spacial score (nSPS) is 14.0. The Morgan fingerprint density at radius 2 is 1.61 bits per heavy atom. The number of amides is 1. The van der Waals surface area contributed by atoms with Gasteiger partial charge in [-0.25, -0.2) is 14.8 Å². The zero-order chi connectivity index (χ0) is 27.1. The van der Waals surface area contributed by atoms with Crippen LogP contribution in [0.1, 0.15) is 52.0 Å². The first-order valence-corrected chi connectivity index (χ1v) is 12.8.